The molecule has 116 valence electrons. The monoisotopic (exact) mass is 293 g/mol. The van der Waals surface area contributed by atoms with Gasteiger partial charge in [-0.05, 0) is 12.8 Å². The Kier molecular flexibility index (Phi) is 5.08. The summed E-state index contributed by atoms with van der Waals surface area (Å²) < 4.78 is 16.6. The topological polar surface area (TPSA) is 64.8 Å². The summed E-state index contributed by atoms with van der Waals surface area (Å²) in [6.07, 6.45) is 5.33. The molecule has 0 aromatic heterocycles. The van der Waals surface area contributed by atoms with Crippen molar-refractivity contribution in [3.63, 3.8) is 0 Å². The lowest BCUT2D eigenvalue weighted by atomic mass is 10.00. The van der Waals surface area contributed by atoms with E-state index >= 15 is 0 Å². The lowest BCUT2D eigenvalue weighted by Crippen LogP contribution is -2.25. The molecule has 0 saturated carbocycles. The fourth-order valence-corrected chi connectivity index (χ4v) is 2.81. The van der Waals surface area contributed by atoms with Crippen LogP contribution in [0.2, 0.25) is 0 Å². The fraction of sp³-hybridized carbons (Fsp3) is 0.800. The van der Waals surface area contributed by atoms with E-state index in [1.54, 1.807) is 0 Å². The Bertz CT molecular complexity index is 421. The molecule has 0 aromatic carbocycles. The highest BCUT2D eigenvalue weighted by atomic mass is 16.5. The van der Waals surface area contributed by atoms with Crippen LogP contribution in [-0.4, -0.2) is 57.1 Å². The molecular weight excluding hydrogens is 270 g/mol. The molecular formula is C15H23N3O3. The third-order valence-corrected chi connectivity index (χ3v) is 3.85. The predicted molar refractivity (Wildman–Crippen MR) is 81.3 cm³/mol. The molecule has 0 fully saturated rings. The largest absolute Gasteiger partial charge is 0.479 e. The van der Waals surface area contributed by atoms with Gasteiger partial charge in [-0.3, -0.25) is 15.0 Å². The second kappa shape index (κ2) is 7.43. The third kappa shape index (κ3) is 3.95. The minimum Gasteiger partial charge on any atom is -0.479 e. The number of hydrogen-bond acceptors (Lipinski definition) is 6. The molecule has 0 unspecified atom stereocenters. The minimum atomic E-state index is 0.120. The molecule has 3 aliphatic rings. The lowest BCUT2D eigenvalue weighted by Gasteiger charge is -2.16. The van der Waals surface area contributed by atoms with Gasteiger partial charge in [-0.2, -0.15) is 0 Å². The molecule has 0 amide bonds. The van der Waals surface area contributed by atoms with E-state index in [9.17, 15) is 0 Å². The van der Waals surface area contributed by atoms with Gasteiger partial charge in [0.2, 0.25) is 0 Å². The molecule has 3 heterocycles. The minimum absolute atomic E-state index is 0.120. The Morgan fingerprint density at radius 1 is 0.762 bits per heavy atom. The van der Waals surface area contributed by atoms with Crippen LogP contribution in [0, 0.1) is 5.92 Å². The molecule has 0 radical (unpaired) electrons. The lowest BCUT2D eigenvalue weighted by molar-refractivity contribution is 0.300. The molecule has 0 aliphatic carbocycles. The molecule has 6 heteroatoms. The van der Waals surface area contributed by atoms with Crippen molar-refractivity contribution in [1.82, 2.24) is 0 Å². The van der Waals surface area contributed by atoms with Crippen LogP contribution >= 0.6 is 0 Å². The summed E-state index contributed by atoms with van der Waals surface area (Å²) in [5, 5.41) is 0. The van der Waals surface area contributed by atoms with Crippen LogP contribution in [0.25, 0.3) is 0 Å². The van der Waals surface area contributed by atoms with E-state index in [0.717, 1.165) is 76.0 Å². The van der Waals surface area contributed by atoms with Gasteiger partial charge in [0.1, 0.15) is 25.7 Å². The van der Waals surface area contributed by atoms with Crippen molar-refractivity contribution in [3.05, 3.63) is 0 Å². The van der Waals surface area contributed by atoms with E-state index in [1.807, 2.05) is 0 Å². The highest BCUT2D eigenvalue weighted by Crippen LogP contribution is 2.20. The first-order valence-electron chi connectivity index (χ1n) is 7.94. The van der Waals surface area contributed by atoms with E-state index in [0.29, 0.717) is 13.2 Å². The zero-order valence-electron chi connectivity index (χ0n) is 12.4. The summed E-state index contributed by atoms with van der Waals surface area (Å²) in [5.41, 5.74) is 0. The first-order valence-corrected chi connectivity index (χ1v) is 7.94. The van der Waals surface area contributed by atoms with Crippen LogP contribution in [0.4, 0.5) is 0 Å². The molecule has 0 spiro atoms. The van der Waals surface area contributed by atoms with Crippen molar-refractivity contribution in [2.24, 2.45) is 20.9 Å². The second-order valence-electron chi connectivity index (χ2n) is 5.41. The number of unbranched alkanes of at least 4 members (excludes halogenated alkanes) is 2. The van der Waals surface area contributed by atoms with E-state index < -0.39 is 0 Å². The number of rotatable bonds is 8. The fourth-order valence-electron chi connectivity index (χ4n) is 2.81. The van der Waals surface area contributed by atoms with Crippen LogP contribution < -0.4 is 0 Å². The van der Waals surface area contributed by atoms with Gasteiger partial charge >= 0.3 is 0 Å². The number of nitrogens with zero attached hydrogens (tertiary/aromatic N) is 3. The van der Waals surface area contributed by atoms with Gasteiger partial charge in [0.05, 0.1) is 19.6 Å². The molecule has 0 N–H and O–H groups in total. The summed E-state index contributed by atoms with van der Waals surface area (Å²) >= 11 is 0. The predicted octanol–water partition coefficient (Wildman–Crippen LogP) is 1.84. The van der Waals surface area contributed by atoms with Gasteiger partial charge in [-0.1, -0.05) is 12.8 Å². The normalized spacial score (nSPS) is 20.7. The summed E-state index contributed by atoms with van der Waals surface area (Å²) in [6, 6.07) is 0. The van der Waals surface area contributed by atoms with Crippen LogP contribution in [0.15, 0.2) is 15.0 Å². The molecule has 3 rings (SSSR count). The van der Waals surface area contributed by atoms with Crippen molar-refractivity contribution in [2.45, 2.75) is 32.1 Å². The molecule has 0 bridgehead atoms. The highest BCUT2D eigenvalue weighted by Gasteiger charge is 2.28. The summed E-state index contributed by atoms with van der Waals surface area (Å²) in [4.78, 5) is 13.2. The first kappa shape index (κ1) is 14.4. The zero-order valence-corrected chi connectivity index (χ0v) is 12.4. The quantitative estimate of drug-likeness (QED) is 0.641. The van der Waals surface area contributed by atoms with Gasteiger partial charge in [0.25, 0.3) is 0 Å². The first-order chi connectivity index (χ1) is 10.4. The van der Waals surface area contributed by atoms with Gasteiger partial charge < -0.3 is 14.2 Å². The average molecular weight is 293 g/mol. The maximum Gasteiger partial charge on any atom is 0.196 e. The van der Waals surface area contributed by atoms with E-state index in [2.05, 4.69) is 15.0 Å². The molecule has 6 nitrogen and oxygen atoms in total. The maximum absolute atomic E-state index is 5.62. The van der Waals surface area contributed by atoms with Crippen molar-refractivity contribution in [3.8, 4) is 0 Å². The molecule has 21 heavy (non-hydrogen) atoms. The Balaban J connectivity index is 1.41. The standard InChI is InChI=1S/C15H23N3O3/c1(3-5-13-16-6-9-19-13)2-4-12(14-17-7-10-20-14)15-18-8-11-21-15/h12H,1-11H2. The van der Waals surface area contributed by atoms with Crippen LogP contribution in [-0.2, 0) is 14.2 Å². The number of hydrogen-bond donors (Lipinski definition) is 0. The molecule has 0 aromatic rings. The van der Waals surface area contributed by atoms with Crippen molar-refractivity contribution in [1.29, 1.82) is 0 Å². The Labute approximate surface area is 125 Å². The van der Waals surface area contributed by atoms with Crippen LogP contribution in [0.3, 0.4) is 0 Å². The van der Waals surface area contributed by atoms with E-state index in [-0.39, 0.29) is 5.92 Å². The number of aliphatic imine (C=N–C) groups is 3. The molecule has 0 saturated heterocycles. The van der Waals surface area contributed by atoms with Gasteiger partial charge in [-0.15, -0.1) is 0 Å². The smallest absolute Gasteiger partial charge is 0.196 e. The van der Waals surface area contributed by atoms with Crippen LogP contribution in [0.1, 0.15) is 32.1 Å². The SMILES string of the molecule is C(CCC1=NCCO1)CCC(C1=NCCO1)C1=NCCO1. The second-order valence-corrected chi connectivity index (χ2v) is 5.41. The summed E-state index contributed by atoms with van der Waals surface area (Å²) in [6.45, 7) is 4.48. The zero-order chi connectivity index (χ0) is 14.3. The highest BCUT2D eigenvalue weighted by molar-refractivity contribution is 6.01. The summed E-state index contributed by atoms with van der Waals surface area (Å²) in [7, 11) is 0. The van der Waals surface area contributed by atoms with Gasteiger partial charge in [-0.25, -0.2) is 0 Å². The van der Waals surface area contributed by atoms with Gasteiger partial charge in [0.15, 0.2) is 17.7 Å². The third-order valence-electron chi connectivity index (χ3n) is 3.85. The van der Waals surface area contributed by atoms with E-state index in [4.69, 9.17) is 14.2 Å². The number of ether oxygens (including phenoxy) is 3. The average Bonchev–Trinajstić information content (AvgIpc) is 3.26. The van der Waals surface area contributed by atoms with Crippen LogP contribution in [0.5, 0.6) is 0 Å². The van der Waals surface area contributed by atoms with Crippen molar-refractivity contribution < 1.29 is 14.2 Å². The maximum atomic E-state index is 5.62. The molecule has 3 aliphatic heterocycles. The summed E-state index contributed by atoms with van der Waals surface area (Å²) in [5.74, 6) is 2.69. The van der Waals surface area contributed by atoms with E-state index in [1.165, 1.54) is 0 Å². The Hall–Kier alpha value is -1.59. The van der Waals surface area contributed by atoms with Crippen molar-refractivity contribution in [2.75, 3.05) is 39.5 Å². The van der Waals surface area contributed by atoms with Crippen molar-refractivity contribution >= 4 is 17.7 Å². The Morgan fingerprint density at radius 3 is 2.00 bits per heavy atom. The Morgan fingerprint density at radius 2 is 1.43 bits per heavy atom. The van der Waals surface area contributed by atoms with Gasteiger partial charge in [0, 0.05) is 6.42 Å². The molecule has 0 atom stereocenters.